The Morgan fingerprint density at radius 1 is 0.943 bits per heavy atom. The average Bonchev–Trinajstić information content (AvgIpc) is 3.45. The van der Waals surface area contributed by atoms with Gasteiger partial charge in [-0.1, -0.05) is 76.2 Å². The molecule has 1 amide bonds. The number of rotatable bonds is 7. The minimum Gasteiger partial charge on any atom is -0.482 e. The normalized spacial score (nSPS) is 11.1. The fraction of sp³-hybridized carbons (Fsp3) is 0.167. The van der Waals surface area contributed by atoms with Gasteiger partial charge in [0.15, 0.2) is 11.5 Å². The van der Waals surface area contributed by atoms with E-state index >= 15 is 0 Å². The standard InChI is InChI=1S/C24H18Cl5N3O3/c1-12-16(13(2)32(31-12)14-6-4-3-5-7-14)10-30-24(33)17-9-8-15(35-17)11-34-23-21(28)19(26)18(25)20(27)22(23)29/h3-9H,10-11H2,1-2H3,(H,30,33). The largest absolute Gasteiger partial charge is 0.482 e. The smallest absolute Gasteiger partial charge is 0.287 e. The lowest BCUT2D eigenvalue weighted by Gasteiger charge is -2.12. The van der Waals surface area contributed by atoms with E-state index in [1.54, 1.807) is 12.1 Å². The van der Waals surface area contributed by atoms with Crippen molar-refractivity contribution in [1.82, 2.24) is 15.1 Å². The van der Waals surface area contributed by atoms with Gasteiger partial charge in [-0.05, 0) is 38.1 Å². The Kier molecular flexibility index (Phi) is 7.89. The van der Waals surface area contributed by atoms with E-state index in [0.29, 0.717) is 12.3 Å². The molecule has 0 unspecified atom stereocenters. The molecule has 0 spiro atoms. The molecule has 35 heavy (non-hydrogen) atoms. The molecular formula is C24H18Cl5N3O3. The van der Waals surface area contributed by atoms with Gasteiger partial charge in [0, 0.05) is 17.8 Å². The maximum atomic E-state index is 12.7. The van der Waals surface area contributed by atoms with Crippen molar-refractivity contribution >= 4 is 63.9 Å². The molecule has 2 heterocycles. The zero-order valence-electron chi connectivity index (χ0n) is 18.5. The molecule has 0 saturated carbocycles. The molecule has 0 aliphatic carbocycles. The number of para-hydroxylation sites is 1. The Bertz CT molecular complexity index is 1370. The first-order valence-electron chi connectivity index (χ1n) is 10.3. The summed E-state index contributed by atoms with van der Waals surface area (Å²) in [7, 11) is 0. The van der Waals surface area contributed by atoms with E-state index in [1.165, 1.54) is 0 Å². The van der Waals surface area contributed by atoms with Crippen LogP contribution < -0.4 is 10.1 Å². The number of nitrogens with zero attached hydrogens (tertiary/aromatic N) is 2. The van der Waals surface area contributed by atoms with Gasteiger partial charge in [0.1, 0.15) is 22.4 Å². The summed E-state index contributed by atoms with van der Waals surface area (Å²) in [5, 5.41) is 7.60. The van der Waals surface area contributed by atoms with Crippen LogP contribution in [0.2, 0.25) is 25.1 Å². The number of amides is 1. The Labute approximate surface area is 226 Å². The Morgan fingerprint density at radius 3 is 2.23 bits per heavy atom. The minimum absolute atomic E-state index is 0.0254. The van der Waals surface area contributed by atoms with Crippen LogP contribution in [0.3, 0.4) is 0 Å². The van der Waals surface area contributed by atoms with E-state index in [4.69, 9.17) is 67.2 Å². The number of furan rings is 1. The molecule has 0 fully saturated rings. The summed E-state index contributed by atoms with van der Waals surface area (Å²) >= 11 is 30.5. The monoisotopic (exact) mass is 571 g/mol. The van der Waals surface area contributed by atoms with Crippen molar-refractivity contribution in [3.63, 3.8) is 0 Å². The van der Waals surface area contributed by atoms with E-state index in [9.17, 15) is 4.79 Å². The van der Waals surface area contributed by atoms with Gasteiger partial charge in [0.2, 0.25) is 0 Å². The van der Waals surface area contributed by atoms with Crippen LogP contribution in [-0.4, -0.2) is 15.7 Å². The summed E-state index contributed by atoms with van der Waals surface area (Å²) in [4.78, 5) is 12.7. The second kappa shape index (κ2) is 10.7. The minimum atomic E-state index is -0.379. The van der Waals surface area contributed by atoms with Crippen molar-refractivity contribution in [2.45, 2.75) is 27.0 Å². The lowest BCUT2D eigenvalue weighted by atomic mass is 10.2. The van der Waals surface area contributed by atoms with E-state index < -0.39 is 0 Å². The molecule has 0 aliphatic rings. The predicted octanol–water partition coefficient (Wildman–Crippen LogP) is 7.86. The molecule has 0 bridgehead atoms. The summed E-state index contributed by atoms with van der Waals surface area (Å²) < 4.78 is 13.1. The summed E-state index contributed by atoms with van der Waals surface area (Å²) in [5.74, 6) is 0.181. The zero-order chi connectivity index (χ0) is 25.3. The molecule has 0 saturated heterocycles. The fourth-order valence-corrected chi connectivity index (χ4v) is 4.67. The predicted molar refractivity (Wildman–Crippen MR) is 139 cm³/mol. The van der Waals surface area contributed by atoms with E-state index in [1.807, 2.05) is 48.9 Å². The molecule has 0 atom stereocenters. The quantitative estimate of drug-likeness (QED) is 0.181. The summed E-state index contributed by atoms with van der Waals surface area (Å²) in [6, 6.07) is 12.9. The third kappa shape index (κ3) is 5.27. The lowest BCUT2D eigenvalue weighted by Crippen LogP contribution is -2.23. The van der Waals surface area contributed by atoms with Gasteiger partial charge in [-0.3, -0.25) is 4.79 Å². The number of aromatic nitrogens is 2. The van der Waals surface area contributed by atoms with Gasteiger partial charge in [-0.2, -0.15) is 5.10 Å². The summed E-state index contributed by atoms with van der Waals surface area (Å²) in [6.07, 6.45) is 0. The summed E-state index contributed by atoms with van der Waals surface area (Å²) in [6.45, 7) is 4.09. The van der Waals surface area contributed by atoms with Crippen molar-refractivity contribution in [2.75, 3.05) is 0 Å². The van der Waals surface area contributed by atoms with Crippen molar-refractivity contribution in [2.24, 2.45) is 0 Å². The van der Waals surface area contributed by atoms with E-state index in [0.717, 1.165) is 22.6 Å². The first-order chi connectivity index (χ1) is 16.7. The SMILES string of the molecule is Cc1nn(-c2ccccc2)c(C)c1CNC(=O)c1ccc(COc2c(Cl)c(Cl)c(Cl)c(Cl)c2Cl)o1. The van der Waals surface area contributed by atoms with Crippen molar-refractivity contribution < 1.29 is 13.9 Å². The molecule has 4 aromatic rings. The molecule has 2 aromatic heterocycles. The maximum Gasteiger partial charge on any atom is 0.287 e. The van der Waals surface area contributed by atoms with Crippen LogP contribution in [0, 0.1) is 13.8 Å². The van der Waals surface area contributed by atoms with Crippen molar-refractivity contribution in [3.05, 3.63) is 96.0 Å². The van der Waals surface area contributed by atoms with Gasteiger partial charge in [-0.25, -0.2) is 4.68 Å². The second-order valence-corrected chi connectivity index (χ2v) is 9.42. The number of hydrogen-bond acceptors (Lipinski definition) is 4. The molecule has 4 rings (SSSR count). The number of carbonyl (C=O) groups excluding carboxylic acids is 1. The number of ether oxygens (including phenoxy) is 1. The van der Waals surface area contributed by atoms with Crippen LogP contribution in [0.4, 0.5) is 0 Å². The van der Waals surface area contributed by atoms with Crippen molar-refractivity contribution in [3.8, 4) is 11.4 Å². The Balaban J connectivity index is 1.42. The highest BCUT2D eigenvalue weighted by Gasteiger charge is 2.21. The highest BCUT2D eigenvalue weighted by atomic mass is 35.5. The number of carbonyl (C=O) groups is 1. The van der Waals surface area contributed by atoms with Gasteiger partial charge >= 0.3 is 0 Å². The van der Waals surface area contributed by atoms with Crippen LogP contribution in [-0.2, 0) is 13.2 Å². The Morgan fingerprint density at radius 2 is 1.57 bits per heavy atom. The van der Waals surface area contributed by atoms with Gasteiger partial charge in [-0.15, -0.1) is 0 Å². The third-order valence-corrected chi connectivity index (χ3v) is 7.52. The van der Waals surface area contributed by atoms with Crippen LogP contribution in [0.1, 0.15) is 33.3 Å². The molecule has 1 N–H and O–H groups in total. The fourth-order valence-electron chi connectivity index (χ4n) is 3.44. The maximum absolute atomic E-state index is 12.7. The molecule has 0 aliphatic heterocycles. The van der Waals surface area contributed by atoms with Crippen molar-refractivity contribution in [1.29, 1.82) is 0 Å². The van der Waals surface area contributed by atoms with Gasteiger partial charge in [0.25, 0.3) is 5.91 Å². The number of halogens is 5. The highest BCUT2D eigenvalue weighted by molar-refractivity contribution is 6.55. The first kappa shape index (κ1) is 25.7. The van der Waals surface area contributed by atoms with Crippen LogP contribution in [0.15, 0.2) is 46.9 Å². The second-order valence-electron chi connectivity index (χ2n) is 7.53. The molecule has 11 heteroatoms. The number of aryl methyl sites for hydroxylation is 1. The van der Waals surface area contributed by atoms with E-state index in [2.05, 4.69) is 10.4 Å². The molecule has 0 radical (unpaired) electrons. The topological polar surface area (TPSA) is 69.3 Å². The number of hydrogen-bond donors (Lipinski definition) is 1. The molecule has 2 aromatic carbocycles. The first-order valence-corrected chi connectivity index (χ1v) is 12.2. The molecular weight excluding hydrogens is 556 g/mol. The Hall–Kier alpha value is -2.35. The molecule has 182 valence electrons. The van der Waals surface area contributed by atoms with Crippen LogP contribution >= 0.6 is 58.0 Å². The molecule has 6 nitrogen and oxygen atoms in total. The van der Waals surface area contributed by atoms with Gasteiger partial charge < -0.3 is 14.5 Å². The van der Waals surface area contributed by atoms with Crippen LogP contribution in [0.25, 0.3) is 5.69 Å². The van der Waals surface area contributed by atoms with E-state index in [-0.39, 0.29) is 49.1 Å². The number of nitrogens with one attached hydrogen (secondary N) is 1. The zero-order valence-corrected chi connectivity index (χ0v) is 22.2. The summed E-state index contributed by atoms with van der Waals surface area (Å²) in [5.41, 5.74) is 3.65. The van der Waals surface area contributed by atoms with Crippen LogP contribution in [0.5, 0.6) is 5.75 Å². The van der Waals surface area contributed by atoms with Gasteiger partial charge in [0.05, 0.1) is 26.4 Å². The lowest BCUT2D eigenvalue weighted by molar-refractivity contribution is 0.0919. The average molecular weight is 574 g/mol. The third-order valence-electron chi connectivity index (χ3n) is 5.28. The number of benzene rings is 2. The highest BCUT2D eigenvalue weighted by Crippen LogP contribution is 2.48.